The van der Waals surface area contributed by atoms with Crippen molar-refractivity contribution in [3.05, 3.63) is 30.7 Å². The number of carbonyl (C=O) groups excluding carboxylic acids is 2. The molecule has 0 amide bonds. The van der Waals surface area contributed by atoms with Crippen LogP contribution in [0.3, 0.4) is 0 Å². The van der Waals surface area contributed by atoms with Crippen molar-refractivity contribution in [3.63, 3.8) is 0 Å². The smallest absolute Gasteiger partial charge is 0.311 e. The minimum atomic E-state index is -0.400. The molecule has 1 rings (SSSR count). The molecule has 0 unspecified atom stereocenters. The van der Waals surface area contributed by atoms with Crippen molar-refractivity contribution in [1.82, 2.24) is 0 Å². The van der Waals surface area contributed by atoms with Gasteiger partial charge in [-0.05, 0) is 24.6 Å². The highest BCUT2D eigenvalue weighted by molar-refractivity contribution is 5.83. The SMILES string of the molecule is [CH2]CCC(=O)Oc1ccc(OC)cc1C=O. The van der Waals surface area contributed by atoms with Crippen LogP contribution in [0.1, 0.15) is 23.2 Å². The van der Waals surface area contributed by atoms with Crippen LogP contribution in [0.5, 0.6) is 11.5 Å². The lowest BCUT2D eigenvalue weighted by atomic mass is 10.2. The van der Waals surface area contributed by atoms with Crippen LogP contribution < -0.4 is 9.47 Å². The molecular weight excluding hydrogens is 208 g/mol. The highest BCUT2D eigenvalue weighted by Gasteiger charge is 2.09. The maximum absolute atomic E-state index is 11.2. The molecule has 0 spiro atoms. The molecule has 1 aromatic carbocycles. The van der Waals surface area contributed by atoms with E-state index in [1.165, 1.54) is 19.2 Å². The van der Waals surface area contributed by atoms with Crippen LogP contribution in [0.4, 0.5) is 0 Å². The van der Waals surface area contributed by atoms with E-state index >= 15 is 0 Å². The Morgan fingerprint density at radius 3 is 2.81 bits per heavy atom. The number of benzene rings is 1. The summed E-state index contributed by atoms with van der Waals surface area (Å²) in [7, 11) is 1.50. The summed E-state index contributed by atoms with van der Waals surface area (Å²) in [4.78, 5) is 22.0. The first-order valence-electron chi connectivity index (χ1n) is 4.84. The lowest BCUT2D eigenvalue weighted by Crippen LogP contribution is -2.08. The normalized spacial score (nSPS) is 9.62. The van der Waals surface area contributed by atoms with Gasteiger partial charge in [-0.2, -0.15) is 0 Å². The fourth-order valence-electron chi connectivity index (χ4n) is 1.16. The molecule has 0 fully saturated rings. The van der Waals surface area contributed by atoms with E-state index in [0.29, 0.717) is 18.5 Å². The van der Waals surface area contributed by atoms with E-state index in [0.717, 1.165) is 0 Å². The summed E-state index contributed by atoms with van der Waals surface area (Å²) in [6.45, 7) is 3.55. The molecule has 0 N–H and O–H groups in total. The average Bonchev–Trinajstić information content (AvgIpc) is 2.30. The molecule has 0 atom stereocenters. The predicted molar refractivity (Wildman–Crippen MR) is 58.6 cm³/mol. The van der Waals surface area contributed by atoms with Gasteiger partial charge in [0.25, 0.3) is 0 Å². The van der Waals surface area contributed by atoms with Gasteiger partial charge < -0.3 is 9.47 Å². The molecule has 85 valence electrons. The zero-order chi connectivity index (χ0) is 12.0. The summed E-state index contributed by atoms with van der Waals surface area (Å²) in [5.74, 6) is 0.386. The molecule has 0 heterocycles. The predicted octanol–water partition coefficient (Wildman–Crippen LogP) is 2.03. The molecule has 4 heteroatoms. The van der Waals surface area contributed by atoms with Crippen LogP contribution in [0.2, 0.25) is 0 Å². The Hall–Kier alpha value is -1.84. The Labute approximate surface area is 94.2 Å². The van der Waals surface area contributed by atoms with Gasteiger partial charge >= 0.3 is 5.97 Å². The molecule has 0 aliphatic carbocycles. The van der Waals surface area contributed by atoms with E-state index in [-0.39, 0.29) is 17.7 Å². The number of methoxy groups -OCH3 is 1. The Kier molecular flexibility index (Phi) is 4.51. The summed E-state index contributed by atoms with van der Waals surface area (Å²) in [5.41, 5.74) is 0.289. The largest absolute Gasteiger partial charge is 0.497 e. The van der Waals surface area contributed by atoms with Gasteiger partial charge in [0.1, 0.15) is 11.5 Å². The van der Waals surface area contributed by atoms with E-state index in [2.05, 4.69) is 6.92 Å². The molecule has 0 saturated carbocycles. The van der Waals surface area contributed by atoms with Crippen molar-refractivity contribution >= 4 is 12.3 Å². The minimum Gasteiger partial charge on any atom is -0.497 e. The quantitative estimate of drug-likeness (QED) is 0.433. The number of aldehydes is 1. The number of carbonyl (C=O) groups is 2. The summed E-state index contributed by atoms with van der Waals surface area (Å²) < 4.78 is 9.97. The first kappa shape index (κ1) is 12.2. The molecule has 0 aliphatic rings. The van der Waals surface area contributed by atoms with Gasteiger partial charge in [0.15, 0.2) is 6.29 Å². The van der Waals surface area contributed by atoms with Gasteiger partial charge in [-0.1, -0.05) is 6.92 Å². The van der Waals surface area contributed by atoms with Crippen molar-refractivity contribution in [1.29, 1.82) is 0 Å². The van der Waals surface area contributed by atoms with Gasteiger partial charge in [-0.25, -0.2) is 0 Å². The second kappa shape index (κ2) is 5.90. The van der Waals surface area contributed by atoms with Crippen LogP contribution in [0, 0.1) is 6.92 Å². The molecule has 1 aromatic rings. The van der Waals surface area contributed by atoms with Crippen molar-refractivity contribution in [2.24, 2.45) is 0 Å². The summed E-state index contributed by atoms with van der Waals surface area (Å²) in [5, 5.41) is 0. The molecule has 0 saturated heterocycles. The van der Waals surface area contributed by atoms with Crippen LogP contribution in [-0.4, -0.2) is 19.4 Å². The maximum atomic E-state index is 11.2. The molecular formula is C12H13O4. The van der Waals surface area contributed by atoms with Crippen molar-refractivity contribution in [2.75, 3.05) is 7.11 Å². The molecule has 0 aromatic heterocycles. The summed E-state index contributed by atoms with van der Waals surface area (Å²) >= 11 is 0. The lowest BCUT2D eigenvalue weighted by molar-refractivity contribution is -0.134. The maximum Gasteiger partial charge on any atom is 0.311 e. The van der Waals surface area contributed by atoms with Gasteiger partial charge in [0.2, 0.25) is 0 Å². The van der Waals surface area contributed by atoms with Gasteiger partial charge in [-0.15, -0.1) is 0 Å². The third-order valence-electron chi connectivity index (χ3n) is 1.95. The lowest BCUT2D eigenvalue weighted by Gasteiger charge is -2.07. The van der Waals surface area contributed by atoms with Crippen LogP contribution >= 0.6 is 0 Å². The van der Waals surface area contributed by atoms with E-state index in [9.17, 15) is 9.59 Å². The zero-order valence-electron chi connectivity index (χ0n) is 9.06. The monoisotopic (exact) mass is 221 g/mol. The Bertz CT molecular complexity index is 385. The number of esters is 1. The third kappa shape index (κ3) is 3.08. The van der Waals surface area contributed by atoms with E-state index in [1.54, 1.807) is 6.07 Å². The third-order valence-corrected chi connectivity index (χ3v) is 1.95. The Morgan fingerprint density at radius 1 is 1.50 bits per heavy atom. The summed E-state index contributed by atoms with van der Waals surface area (Å²) in [6, 6.07) is 4.67. The van der Waals surface area contributed by atoms with Crippen molar-refractivity contribution < 1.29 is 19.1 Å². The van der Waals surface area contributed by atoms with Crippen molar-refractivity contribution in [2.45, 2.75) is 12.8 Å². The average molecular weight is 221 g/mol. The van der Waals surface area contributed by atoms with Crippen LogP contribution in [-0.2, 0) is 4.79 Å². The molecule has 1 radical (unpaired) electrons. The van der Waals surface area contributed by atoms with Crippen LogP contribution in [0.15, 0.2) is 18.2 Å². The van der Waals surface area contributed by atoms with E-state index in [1.807, 2.05) is 0 Å². The fourth-order valence-corrected chi connectivity index (χ4v) is 1.16. The number of hydrogen-bond donors (Lipinski definition) is 0. The highest BCUT2D eigenvalue weighted by Crippen LogP contribution is 2.23. The number of rotatable bonds is 5. The van der Waals surface area contributed by atoms with Gasteiger partial charge in [0, 0.05) is 6.42 Å². The number of hydrogen-bond acceptors (Lipinski definition) is 4. The second-order valence-corrected chi connectivity index (χ2v) is 3.10. The second-order valence-electron chi connectivity index (χ2n) is 3.10. The molecule has 16 heavy (non-hydrogen) atoms. The molecule has 0 aliphatic heterocycles. The first-order valence-corrected chi connectivity index (χ1v) is 4.84. The Morgan fingerprint density at radius 2 is 2.25 bits per heavy atom. The standard InChI is InChI=1S/C12H13O4/c1-3-4-12(14)16-11-6-5-10(15-2)7-9(11)8-13/h5-8H,1,3-4H2,2H3. The van der Waals surface area contributed by atoms with Crippen molar-refractivity contribution in [3.8, 4) is 11.5 Å². The Balaban J connectivity index is 2.87. The summed E-state index contributed by atoms with van der Waals surface area (Å²) in [6.07, 6.45) is 1.31. The zero-order valence-corrected chi connectivity index (χ0v) is 9.06. The first-order chi connectivity index (χ1) is 7.71. The number of ether oxygens (including phenoxy) is 2. The minimum absolute atomic E-state index is 0.227. The highest BCUT2D eigenvalue weighted by atomic mass is 16.5. The van der Waals surface area contributed by atoms with Gasteiger partial charge in [0.05, 0.1) is 12.7 Å². The van der Waals surface area contributed by atoms with Gasteiger partial charge in [-0.3, -0.25) is 9.59 Å². The van der Waals surface area contributed by atoms with Crippen LogP contribution in [0.25, 0.3) is 0 Å². The fraction of sp³-hybridized carbons (Fsp3) is 0.250. The van der Waals surface area contributed by atoms with E-state index < -0.39 is 5.97 Å². The topological polar surface area (TPSA) is 52.6 Å². The molecule has 0 bridgehead atoms. The molecule has 4 nitrogen and oxygen atoms in total. The van der Waals surface area contributed by atoms with E-state index in [4.69, 9.17) is 9.47 Å².